The first-order valence-electron chi connectivity index (χ1n) is 11.0. The van der Waals surface area contributed by atoms with E-state index in [1.54, 1.807) is 35.8 Å². The number of nitrogen functional groups attached to an aromatic ring is 1. The maximum absolute atomic E-state index is 13.1. The minimum Gasteiger partial charge on any atom is -0.462 e. The highest BCUT2D eigenvalue weighted by Gasteiger charge is 2.25. The molecule has 0 atom stereocenters. The van der Waals surface area contributed by atoms with Gasteiger partial charge in [-0.3, -0.25) is 9.36 Å². The second-order valence-electron chi connectivity index (χ2n) is 8.19. The molecule has 0 radical (unpaired) electrons. The second kappa shape index (κ2) is 9.28. The van der Waals surface area contributed by atoms with Gasteiger partial charge in [0.25, 0.3) is 5.91 Å². The van der Waals surface area contributed by atoms with Crippen molar-refractivity contribution in [3.63, 3.8) is 0 Å². The van der Waals surface area contributed by atoms with Crippen LogP contribution in [-0.4, -0.2) is 39.6 Å². The van der Waals surface area contributed by atoms with Gasteiger partial charge in [0, 0.05) is 12.2 Å². The number of carbonyl (C=O) groups is 2. The highest BCUT2D eigenvalue weighted by Crippen LogP contribution is 2.31. The molecule has 0 saturated heterocycles. The number of aromatic nitrogens is 3. The Morgan fingerprint density at radius 2 is 1.73 bits per heavy atom. The summed E-state index contributed by atoms with van der Waals surface area (Å²) < 4.78 is 6.76. The Labute approximate surface area is 191 Å². The smallest absolute Gasteiger partial charge is 0.338 e. The summed E-state index contributed by atoms with van der Waals surface area (Å²) in [6.07, 6.45) is 0.855. The van der Waals surface area contributed by atoms with Gasteiger partial charge in [-0.1, -0.05) is 26.0 Å². The molecular formula is C25H27N5O3. The molecule has 0 bridgehead atoms. The Kier molecular flexibility index (Phi) is 6.26. The number of para-hydroxylation sites is 2. The van der Waals surface area contributed by atoms with Gasteiger partial charge >= 0.3 is 5.97 Å². The van der Waals surface area contributed by atoms with Crippen LogP contribution in [0, 0.1) is 5.92 Å². The Bertz CT molecular complexity index is 1330. The fourth-order valence-corrected chi connectivity index (χ4v) is 3.67. The maximum Gasteiger partial charge on any atom is 0.338 e. The Morgan fingerprint density at radius 3 is 2.36 bits per heavy atom. The number of esters is 1. The van der Waals surface area contributed by atoms with E-state index in [-0.39, 0.29) is 11.7 Å². The van der Waals surface area contributed by atoms with Crippen LogP contribution in [0.3, 0.4) is 0 Å². The van der Waals surface area contributed by atoms with Crippen molar-refractivity contribution in [2.75, 3.05) is 18.9 Å². The van der Waals surface area contributed by atoms with Crippen LogP contribution in [0.15, 0.2) is 48.5 Å². The molecule has 1 amide bonds. The van der Waals surface area contributed by atoms with E-state index in [9.17, 15) is 9.59 Å². The fourth-order valence-electron chi connectivity index (χ4n) is 3.67. The molecule has 2 heterocycles. The number of carbonyl (C=O) groups excluding carboxylic acids is 2. The zero-order chi connectivity index (χ0) is 23.5. The molecule has 0 aliphatic rings. The molecule has 0 saturated carbocycles. The quantitative estimate of drug-likeness (QED) is 0.414. The number of nitrogens with two attached hydrogens (primary N) is 1. The lowest BCUT2D eigenvalue weighted by atomic mass is 10.1. The molecule has 0 aliphatic heterocycles. The normalized spacial score (nSPS) is 11.3. The van der Waals surface area contributed by atoms with Crippen molar-refractivity contribution in [3.05, 3.63) is 59.7 Å². The summed E-state index contributed by atoms with van der Waals surface area (Å²) in [6, 6.07) is 14.3. The number of fused-ring (bicyclic) bond motifs is 2. The van der Waals surface area contributed by atoms with Gasteiger partial charge in [0.15, 0.2) is 5.65 Å². The molecule has 4 aromatic rings. The molecule has 170 valence electrons. The molecule has 0 spiro atoms. The molecule has 33 heavy (non-hydrogen) atoms. The number of amides is 1. The second-order valence-corrected chi connectivity index (χ2v) is 8.19. The predicted octanol–water partition coefficient (Wildman–Crippen LogP) is 4.11. The Morgan fingerprint density at radius 1 is 1.06 bits per heavy atom. The maximum atomic E-state index is 13.1. The van der Waals surface area contributed by atoms with Gasteiger partial charge in [0.2, 0.25) is 0 Å². The number of rotatable bonds is 7. The predicted molar refractivity (Wildman–Crippen MR) is 129 cm³/mol. The zero-order valence-electron chi connectivity index (χ0n) is 19.0. The van der Waals surface area contributed by atoms with Gasteiger partial charge in [0.05, 0.1) is 23.2 Å². The van der Waals surface area contributed by atoms with Gasteiger partial charge < -0.3 is 15.8 Å². The lowest BCUT2D eigenvalue weighted by Crippen LogP contribution is -2.26. The molecule has 4 rings (SSSR count). The largest absolute Gasteiger partial charge is 0.462 e. The van der Waals surface area contributed by atoms with E-state index in [0.717, 1.165) is 6.42 Å². The van der Waals surface area contributed by atoms with Crippen LogP contribution < -0.4 is 11.1 Å². The van der Waals surface area contributed by atoms with Crippen molar-refractivity contribution in [1.29, 1.82) is 0 Å². The molecule has 8 heteroatoms. The summed E-state index contributed by atoms with van der Waals surface area (Å²) in [5, 5.41) is 2.95. The first-order valence-corrected chi connectivity index (χ1v) is 11.0. The Hall–Kier alpha value is -3.94. The molecule has 0 fully saturated rings. The SMILES string of the molecule is CCOC(=O)c1ccc(-n2c(N)c(C(=O)NCCC(C)C)c3nc4ccccc4nc32)cc1. The molecule has 2 aromatic carbocycles. The molecule has 8 nitrogen and oxygen atoms in total. The average Bonchev–Trinajstić information content (AvgIpc) is 3.08. The summed E-state index contributed by atoms with van der Waals surface area (Å²) in [5.74, 6) is 0.0203. The summed E-state index contributed by atoms with van der Waals surface area (Å²) in [6.45, 7) is 6.80. The number of hydrogen-bond acceptors (Lipinski definition) is 6. The molecule has 0 unspecified atom stereocenters. The zero-order valence-corrected chi connectivity index (χ0v) is 19.0. The molecule has 2 aromatic heterocycles. The summed E-state index contributed by atoms with van der Waals surface area (Å²) >= 11 is 0. The third kappa shape index (κ3) is 4.37. The van der Waals surface area contributed by atoms with Crippen molar-refractivity contribution in [1.82, 2.24) is 19.9 Å². The van der Waals surface area contributed by atoms with Gasteiger partial charge in [-0.15, -0.1) is 0 Å². The minimum atomic E-state index is -0.398. The lowest BCUT2D eigenvalue weighted by molar-refractivity contribution is 0.0526. The summed E-state index contributed by atoms with van der Waals surface area (Å²) in [5.41, 5.74) is 10.2. The van der Waals surface area contributed by atoms with Crippen molar-refractivity contribution >= 4 is 39.9 Å². The van der Waals surface area contributed by atoms with Crippen LogP contribution in [0.4, 0.5) is 5.82 Å². The van der Waals surface area contributed by atoms with Crippen LogP contribution in [0.2, 0.25) is 0 Å². The number of ether oxygens (including phenoxy) is 1. The summed E-state index contributed by atoms with van der Waals surface area (Å²) in [4.78, 5) is 34.6. The Balaban J connectivity index is 1.85. The van der Waals surface area contributed by atoms with Crippen LogP contribution in [0.1, 0.15) is 47.9 Å². The van der Waals surface area contributed by atoms with Gasteiger partial charge in [-0.05, 0) is 55.7 Å². The van der Waals surface area contributed by atoms with E-state index in [1.807, 2.05) is 24.3 Å². The van der Waals surface area contributed by atoms with E-state index in [1.165, 1.54) is 0 Å². The van der Waals surface area contributed by atoms with E-state index in [4.69, 9.17) is 20.4 Å². The van der Waals surface area contributed by atoms with Crippen LogP contribution in [-0.2, 0) is 4.74 Å². The first kappa shape index (κ1) is 22.3. The summed E-state index contributed by atoms with van der Waals surface area (Å²) in [7, 11) is 0. The molecular weight excluding hydrogens is 418 g/mol. The monoisotopic (exact) mass is 445 g/mol. The lowest BCUT2D eigenvalue weighted by Gasteiger charge is -2.10. The van der Waals surface area contributed by atoms with Crippen molar-refractivity contribution in [2.24, 2.45) is 5.92 Å². The topological polar surface area (TPSA) is 112 Å². The van der Waals surface area contributed by atoms with Gasteiger partial charge in [0.1, 0.15) is 16.9 Å². The first-order chi connectivity index (χ1) is 15.9. The third-order valence-corrected chi connectivity index (χ3v) is 5.37. The third-order valence-electron chi connectivity index (χ3n) is 5.37. The minimum absolute atomic E-state index is 0.242. The molecule has 3 N–H and O–H groups in total. The van der Waals surface area contributed by atoms with E-state index < -0.39 is 5.97 Å². The van der Waals surface area contributed by atoms with Crippen molar-refractivity contribution in [3.8, 4) is 5.69 Å². The van der Waals surface area contributed by atoms with Crippen LogP contribution >= 0.6 is 0 Å². The average molecular weight is 446 g/mol. The van der Waals surface area contributed by atoms with Gasteiger partial charge in [-0.25, -0.2) is 14.8 Å². The van der Waals surface area contributed by atoms with E-state index >= 15 is 0 Å². The highest BCUT2D eigenvalue weighted by molar-refractivity contribution is 6.11. The number of hydrogen-bond donors (Lipinski definition) is 2. The number of anilines is 1. The van der Waals surface area contributed by atoms with Gasteiger partial charge in [-0.2, -0.15) is 0 Å². The van der Waals surface area contributed by atoms with Crippen LogP contribution in [0.25, 0.3) is 27.9 Å². The number of nitrogens with one attached hydrogen (secondary N) is 1. The molecule has 0 aliphatic carbocycles. The fraction of sp³-hybridized carbons (Fsp3) is 0.280. The van der Waals surface area contributed by atoms with Crippen molar-refractivity contribution in [2.45, 2.75) is 27.2 Å². The standard InChI is InChI=1S/C25H27N5O3/c1-4-33-25(32)16-9-11-17(12-10-16)30-22(26)20(24(31)27-14-13-15(2)3)21-23(30)29-19-8-6-5-7-18(19)28-21/h5-12,15H,4,13-14,26H2,1-3H3,(H,27,31). The number of benzene rings is 2. The van der Waals surface area contributed by atoms with Crippen molar-refractivity contribution < 1.29 is 14.3 Å². The van der Waals surface area contributed by atoms with Crippen LogP contribution in [0.5, 0.6) is 0 Å². The van der Waals surface area contributed by atoms with E-state index in [2.05, 4.69) is 19.2 Å². The highest BCUT2D eigenvalue weighted by atomic mass is 16.5. The number of nitrogens with zero attached hydrogens (tertiary/aromatic N) is 3. The van der Waals surface area contributed by atoms with E-state index in [0.29, 0.717) is 58.1 Å².